The number of nitro benzene ring substituents is 1. The molecule has 0 bridgehead atoms. The Hall–Kier alpha value is -1.62. The van der Waals surface area contributed by atoms with Gasteiger partial charge in [0.1, 0.15) is 0 Å². The molecule has 1 aromatic carbocycles. The number of benzene rings is 1. The van der Waals surface area contributed by atoms with Gasteiger partial charge in [0.05, 0.1) is 11.0 Å². The van der Waals surface area contributed by atoms with Gasteiger partial charge in [0.25, 0.3) is 5.69 Å². The lowest BCUT2D eigenvalue weighted by atomic mass is 9.57. The summed E-state index contributed by atoms with van der Waals surface area (Å²) in [5.74, 6) is 0.517. The molecule has 0 radical (unpaired) electrons. The third-order valence-electron chi connectivity index (χ3n) is 4.91. The van der Waals surface area contributed by atoms with Gasteiger partial charge in [0.2, 0.25) is 0 Å². The molecule has 1 saturated heterocycles. The molecule has 1 N–H and O–H groups in total. The zero-order valence-electron chi connectivity index (χ0n) is 12.1. The maximum Gasteiger partial charge on any atom is 0.274 e. The van der Waals surface area contributed by atoms with E-state index in [0.29, 0.717) is 23.6 Å². The van der Waals surface area contributed by atoms with E-state index in [4.69, 9.17) is 4.74 Å². The van der Waals surface area contributed by atoms with Crippen LogP contribution in [0.2, 0.25) is 0 Å². The molecule has 108 valence electrons. The van der Waals surface area contributed by atoms with E-state index >= 15 is 0 Å². The molecule has 3 rings (SSSR count). The minimum atomic E-state index is -0.325. The molecule has 0 aromatic heterocycles. The monoisotopic (exact) mass is 276 g/mol. The molecule has 1 aromatic rings. The first-order valence-electron chi connectivity index (χ1n) is 7.05. The van der Waals surface area contributed by atoms with E-state index in [1.165, 1.54) is 0 Å². The quantitative estimate of drug-likeness (QED) is 0.680. The summed E-state index contributed by atoms with van der Waals surface area (Å²) in [6, 6.07) is 5.52. The smallest absolute Gasteiger partial charge is 0.274 e. The van der Waals surface area contributed by atoms with E-state index in [0.717, 1.165) is 18.7 Å². The number of anilines is 1. The molecular weight excluding hydrogens is 256 g/mol. The van der Waals surface area contributed by atoms with Crippen LogP contribution in [0.25, 0.3) is 0 Å². The zero-order chi connectivity index (χ0) is 14.5. The zero-order valence-corrected chi connectivity index (χ0v) is 12.1. The van der Waals surface area contributed by atoms with E-state index in [-0.39, 0.29) is 16.0 Å². The minimum Gasteiger partial charge on any atom is -0.381 e. The molecule has 3 unspecified atom stereocenters. The predicted molar refractivity (Wildman–Crippen MR) is 76.9 cm³/mol. The van der Waals surface area contributed by atoms with Crippen molar-refractivity contribution in [1.82, 2.24) is 0 Å². The second-order valence-corrected chi connectivity index (χ2v) is 6.39. The highest BCUT2D eigenvalue weighted by Crippen LogP contribution is 2.53. The number of fused-ring (bicyclic) bond motifs is 1. The summed E-state index contributed by atoms with van der Waals surface area (Å²) in [5.41, 5.74) is 1.81. The number of rotatable bonds is 3. The molecular formula is C15H20N2O3. The van der Waals surface area contributed by atoms with Crippen LogP contribution in [0.4, 0.5) is 11.4 Å². The highest BCUT2D eigenvalue weighted by Gasteiger charge is 2.59. The van der Waals surface area contributed by atoms with Gasteiger partial charge in [0.15, 0.2) is 0 Å². The maximum absolute atomic E-state index is 11.0. The lowest BCUT2D eigenvalue weighted by molar-refractivity contribution is -0.385. The normalized spacial score (nSPS) is 30.4. The first kappa shape index (κ1) is 13.4. The van der Waals surface area contributed by atoms with Crippen molar-refractivity contribution in [3.05, 3.63) is 33.9 Å². The third-order valence-corrected chi connectivity index (χ3v) is 4.91. The molecule has 1 aliphatic heterocycles. The number of ether oxygens (including phenoxy) is 1. The van der Waals surface area contributed by atoms with Gasteiger partial charge in [-0.05, 0) is 19.4 Å². The highest BCUT2D eigenvalue weighted by molar-refractivity contribution is 5.60. The fraction of sp³-hybridized carbons (Fsp3) is 0.600. The van der Waals surface area contributed by atoms with Crippen molar-refractivity contribution in [3.8, 4) is 0 Å². The Morgan fingerprint density at radius 3 is 2.90 bits per heavy atom. The van der Waals surface area contributed by atoms with Gasteiger partial charge in [-0.1, -0.05) is 19.9 Å². The molecule has 0 amide bonds. The van der Waals surface area contributed by atoms with Gasteiger partial charge in [-0.15, -0.1) is 0 Å². The summed E-state index contributed by atoms with van der Waals surface area (Å²) >= 11 is 0. The van der Waals surface area contributed by atoms with Crippen LogP contribution >= 0.6 is 0 Å². The van der Waals surface area contributed by atoms with Gasteiger partial charge in [-0.25, -0.2) is 0 Å². The van der Waals surface area contributed by atoms with Crippen LogP contribution in [0, 0.1) is 28.4 Å². The summed E-state index contributed by atoms with van der Waals surface area (Å²) in [4.78, 5) is 10.7. The van der Waals surface area contributed by atoms with Gasteiger partial charge < -0.3 is 10.1 Å². The summed E-state index contributed by atoms with van der Waals surface area (Å²) < 4.78 is 5.78. The van der Waals surface area contributed by atoms with Crippen molar-refractivity contribution in [2.45, 2.75) is 39.3 Å². The Morgan fingerprint density at radius 2 is 2.20 bits per heavy atom. The molecule has 0 spiro atoms. The molecule has 20 heavy (non-hydrogen) atoms. The first-order valence-corrected chi connectivity index (χ1v) is 7.05. The second kappa shape index (κ2) is 4.45. The molecule has 1 heterocycles. The highest BCUT2D eigenvalue weighted by atomic mass is 16.6. The Labute approximate surface area is 118 Å². The van der Waals surface area contributed by atoms with E-state index in [2.05, 4.69) is 19.2 Å². The van der Waals surface area contributed by atoms with Gasteiger partial charge in [-0.3, -0.25) is 10.1 Å². The maximum atomic E-state index is 11.0. The van der Waals surface area contributed by atoms with Crippen molar-refractivity contribution < 1.29 is 9.66 Å². The first-order chi connectivity index (χ1) is 9.43. The van der Waals surface area contributed by atoms with E-state index in [1.54, 1.807) is 19.1 Å². The Bertz CT molecular complexity index is 556. The SMILES string of the molecule is Cc1c(NC2C3CCOC3C2(C)C)cccc1[N+](=O)[O-]. The summed E-state index contributed by atoms with van der Waals surface area (Å²) in [5, 5.41) is 14.5. The van der Waals surface area contributed by atoms with Crippen LogP contribution in [0.3, 0.4) is 0 Å². The summed E-state index contributed by atoms with van der Waals surface area (Å²) in [6.45, 7) is 7.02. The van der Waals surface area contributed by atoms with Gasteiger partial charge >= 0.3 is 0 Å². The average Bonchev–Trinajstić information content (AvgIpc) is 2.83. The average molecular weight is 276 g/mol. The fourth-order valence-electron chi connectivity index (χ4n) is 3.76. The van der Waals surface area contributed by atoms with Crippen LogP contribution in [-0.4, -0.2) is 23.7 Å². The number of hydrogen-bond acceptors (Lipinski definition) is 4. The molecule has 5 nitrogen and oxygen atoms in total. The van der Waals surface area contributed by atoms with E-state index in [9.17, 15) is 10.1 Å². The molecule has 2 aliphatic rings. The van der Waals surface area contributed by atoms with Crippen LogP contribution in [0.5, 0.6) is 0 Å². The molecule has 1 aliphatic carbocycles. The van der Waals surface area contributed by atoms with Gasteiger partial charge in [-0.2, -0.15) is 0 Å². The number of nitrogens with zero attached hydrogens (tertiary/aromatic N) is 1. The van der Waals surface area contributed by atoms with Crippen LogP contribution < -0.4 is 5.32 Å². The largest absolute Gasteiger partial charge is 0.381 e. The van der Waals surface area contributed by atoms with Gasteiger partial charge in [0, 0.05) is 41.3 Å². The van der Waals surface area contributed by atoms with E-state index < -0.39 is 0 Å². The summed E-state index contributed by atoms with van der Waals surface area (Å²) in [7, 11) is 0. The standard InChI is InChI=1S/C15H20N2O3/c1-9-11(5-4-6-12(9)17(18)19)16-13-10-7-8-20-14(10)15(13,2)3/h4-6,10,13-14,16H,7-8H2,1-3H3. The Kier molecular flexibility index (Phi) is 2.97. The topological polar surface area (TPSA) is 64.4 Å². The number of hydrogen-bond donors (Lipinski definition) is 1. The van der Waals surface area contributed by atoms with E-state index in [1.807, 2.05) is 6.07 Å². The Balaban J connectivity index is 1.85. The van der Waals surface area contributed by atoms with Crippen molar-refractivity contribution in [2.75, 3.05) is 11.9 Å². The lowest BCUT2D eigenvalue weighted by Crippen LogP contribution is -2.63. The minimum absolute atomic E-state index is 0.0677. The number of nitro groups is 1. The molecule has 1 saturated carbocycles. The molecule has 2 fully saturated rings. The number of nitrogens with one attached hydrogen (secondary N) is 1. The van der Waals surface area contributed by atoms with Crippen LogP contribution in [0.1, 0.15) is 25.8 Å². The summed E-state index contributed by atoms with van der Waals surface area (Å²) in [6.07, 6.45) is 1.39. The Morgan fingerprint density at radius 1 is 1.45 bits per heavy atom. The van der Waals surface area contributed by atoms with Crippen molar-refractivity contribution >= 4 is 11.4 Å². The van der Waals surface area contributed by atoms with Crippen LogP contribution in [-0.2, 0) is 4.74 Å². The molecule has 5 heteroatoms. The second-order valence-electron chi connectivity index (χ2n) is 6.39. The molecule has 3 atom stereocenters. The van der Waals surface area contributed by atoms with Crippen molar-refractivity contribution in [1.29, 1.82) is 0 Å². The predicted octanol–water partition coefficient (Wildman–Crippen LogP) is 3.13. The fourth-order valence-corrected chi connectivity index (χ4v) is 3.76. The van der Waals surface area contributed by atoms with Crippen LogP contribution in [0.15, 0.2) is 18.2 Å². The lowest BCUT2D eigenvalue weighted by Gasteiger charge is -2.55. The van der Waals surface area contributed by atoms with Crippen molar-refractivity contribution in [3.63, 3.8) is 0 Å². The third kappa shape index (κ3) is 1.80. The van der Waals surface area contributed by atoms with Crippen molar-refractivity contribution in [2.24, 2.45) is 11.3 Å².